The lowest BCUT2D eigenvalue weighted by Gasteiger charge is -2.36. The predicted molar refractivity (Wildman–Crippen MR) is 83.6 cm³/mol. The van der Waals surface area contributed by atoms with Gasteiger partial charge in [-0.25, -0.2) is 0 Å². The summed E-state index contributed by atoms with van der Waals surface area (Å²) in [6, 6.07) is 3.24. The van der Waals surface area contributed by atoms with Crippen molar-refractivity contribution in [3.63, 3.8) is 0 Å². The van der Waals surface area contributed by atoms with E-state index in [1.807, 2.05) is 13.8 Å². The van der Waals surface area contributed by atoms with E-state index in [1.165, 1.54) is 19.4 Å². The van der Waals surface area contributed by atoms with Gasteiger partial charge in [0.1, 0.15) is 5.41 Å². The number of rotatable bonds is 6. The van der Waals surface area contributed by atoms with Gasteiger partial charge in [-0.3, -0.25) is 4.79 Å². The SMILES string of the molecule is CCCC(C#N)(CCC)C(=O)NC1CCN2CCCC2C1. The fraction of sp³-hybridized carbons (Fsp3) is 0.882. The van der Waals surface area contributed by atoms with Crippen molar-refractivity contribution in [1.82, 2.24) is 10.2 Å². The average Bonchev–Trinajstić information content (AvgIpc) is 2.94. The van der Waals surface area contributed by atoms with Crippen LogP contribution in [-0.4, -0.2) is 36.0 Å². The highest BCUT2D eigenvalue weighted by Gasteiger charge is 2.39. The lowest BCUT2D eigenvalue weighted by Crippen LogP contribution is -2.51. The second-order valence-electron chi connectivity index (χ2n) is 6.72. The molecule has 2 rings (SSSR count). The van der Waals surface area contributed by atoms with E-state index in [2.05, 4.69) is 16.3 Å². The van der Waals surface area contributed by atoms with Crippen LogP contribution < -0.4 is 5.32 Å². The van der Waals surface area contributed by atoms with Gasteiger partial charge in [-0.1, -0.05) is 26.7 Å². The Labute approximate surface area is 128 Å². The molecule has 21 heavy (non-hydrogen) atoms. The highest BCUT2D eigenvalue weighted by atomic mass is 16.2. The molecule has 118 valence electrons. The second kappa shape index (κ2) is 7.26. The molecule has 0 bridgehead atoms. The lowest BCUT2D eigenvalue weighted by molar-refractivity contribution is -0.130. The number of piperidine rings is 1. The number of nitrogens with one attached hydrogen (secondary N) is 1. The maximum atomic E-state index is 12.7. The number of fused-ring (bicyclic) bond motifs is 1. The third-order valence-electron chi connectivity index (χ3n) is 5.16. The van der Waals surface area contributed by atoms with Gasteiger partial charge in [-0.2, -0.15) is 5.26 Å². The van der Waals surface area contributed by atoms with E-state index < -0.39 is 5.41 Å². The van der Waals surface area contributed by atoms with Gasteiger partial charge in [0.25, 0.3) is 0 Å². The van der Waals surface area contributed by atoms with Crippen molar-refractivity contribution in [3.05, 3.63) is 0 Å². The molecule has 0 aliphatic carbocycles. The molecule has 2 atom stereocenters. The van der Waals surface area contributed by atoms with Crippen LogP contribution in [0.15, 0.2) is 0 Å². The number of carbonyl (C=O) groups excluding carboxylic acids is 1. The molecule has 1 amide bonds. The summed E-state index contributed by atoms with van der Waals surface area (Å²) < 4.78 is 0. The van der Waals surface area contributed by atoms with Gasteiger partial charge in [0.2, 0.25) is 5.91 Å². The zero-order valence-corrected chi connectivity index (χ0v) is 13.5. The van der Waals surface area contributed by atoms with Gasteiger partial charge in [-0.15, -0.1) is 0 Å². The van der Waals surface area contributed by atoms with Gasteiger partial charge in [0.05, 0.1) is 6.07 Å². The Bertz CT molecular complexity index is 395. The first kappa shape index (κ1) is 16.3. The molecule has 2 heterocycles. The highest BCUT2D eigenvalue weighted by molar-refractivity contribution is 5.85. The molecule has 4 nitrogen and oxygen atoms in total. The highest BCUT2D eigenvalue weighted by Crippen LogP contribution is 2.31. The summed E-state index contributed by atoms with van der Waals surface area (Å²) in [5.41, 5.74) is -0.809. The van der Waals surface area contributed by atoms with Crippen molar-refractivity contribution in [2.24, 2.45) is 5.41 Å². The van der Waals surface area contributed by atoms with E-state index in [1.54, 1.807) is 0 Å². The van der Waals surface area contributed by atoms with Gasteiger partial charge in [0, 0.05) is 18.6 Å². The van der Waals surface area contributed by atoms with Crippen LogP contribution in [0.4, 0.5) is 0 Å². The summed E-state index contributed by atoms with van der Waals surface area (Å²) >= 11 is 0. The van der Waals surface area contributed by atoms with Crippen molar-refractivity contribution in [2.75, 3.05) is 13.1 Å². The molecule has 0 saturated carbocycles. The Morgan fingerprint density at radius 3 is 2.62 bits per heavy atom. The largest absolute Gasteiger partial charge is 0.352 e. The number of nitrogens with zero attached hydrogens (tertiary/aromatic N) is 2. The van der Waals surface area contributed by atoms with Crippen LogP contribution in [0.1, 0.15) is 65.2 Å². The van der Waals surface area contributed by atoms with Crippen LogP contribution in [0.3, 0.4) is 0 Å². The molecule has 2 aliphatic rings. The number of hydrogen-bond donors (Lipinski definition) is 1. The van der Waals surface area contributed by atoms with Crippen molar-refractivity contribution in [2.45, 2.75) is 77.3 Å². The van der Waals surface area contributed by atoms with Crippen LogP contribution in [0.25, 0.3) is 0 Å². The van der Waals surface area contributed by atoms with Crippen molar-refractivity contribution >= 4 is 5.91 Å². The average molecular weight is 291 g/mol. The van der Waals surface area contributed by atoms with Crippen LogP contribution in [0.5, 0.6) is 0 Å². The molecular weight excluding hydrogens is 262 g/mol. The van der Waals surface area contributed by atoms with Crippen molar-refractivity contribution in [1.29, 1.82) is 5.26 Å². The Morgan fingerprint density at radius 1 is 1.29 bits per heavy atom. The summed E-state index contributed by atoms with van der Waals surface area (Å²) in [6.45, 7) is 6.41. The Hall–Kier alpha value is -1.08. The Balaban J connectivity index is 1.96. The van der Waals surface area contributed by atoms with Gasteiger partial charge >= 0.3 is 0 Å². The molecule has 2 saturated heterocycles. The quantitative estimate of drug-likeness (QED) is 0.818. The van der Waals surface area contributed by atoms with Gasteiger partial charge < -0.3 is 10.2 Å². The van der Waals surface area contributed by atoms with Crippen molar-refractivity contribution < 1.29 is 4.79 Å². The summed E-state index contributed by atoms with van der Waals surface area (Å²) in [6.07, 6.45) is 7.74. The van der Waals surface area contributed by atoms with E-state index in [0.717, 1.165) is 32.2 Å². The Morgan fingerprint density at radius 2 is 2.00 bits per heavy atom. The van der Waals surface area contributed by atoms with E-state index in [-0.39, 0.29) is 11.9 Å². The number of nitriles is 1. The first-order valence-electron chi connectivity index (χ1n) is 8.61. The molecule has 0 aromatic heterocycles. The summed E-state index contributed by atoms with van der Waals surface area (Å²) in [7, 11) is 0. The zero-order chi connectivity index (χ0) is 15.3. The minimum absolute atomic E-state index is 0.0230. The molecule has 1 N–H and O–H groups in total. The smallest absolute Gasteiger partial charge is 0.240 e. The zero-order valence-electron chi connectivity index (χ0n) is 13.5. The van der Waals surface area contributed by atoms with E-state index in [0.29, 0.717) is 18.9 Å². The summed E-state index contributed by atoms with van der Waals surface area (Å²) in [5.74, 6) is -0.0230. The lowest BCUT2D eigenvalue weighted by atomic mass is 9.79. The Kier molecular flexibility index (Phi) is 5.64. The first-order valence-corrected chi connectivity index (χ1v) is 8.61. The van der Waals surface area contributed by atoms with Gasteiger partial charge in [0.15, 0.2) is 0 Å². The maximum Gasteiger partial charge on any atom is 0.240 e. The summed E-state index contributed by atoms with van der Waals surface area (Å²) in [5, 5.41) is 12.8. The van der Waals surface area contributed by atoms with Crippen LogP contribution in [0, 0.1) is 16.7 Å². The van der Waals surface area contributed by atoms with E-state index in [9.17, 15) is 10.1 Å². The molecule has 2 unspecified atom stereocenters. The first-order chi connectivity index (χ1) is 10.1. The van der Waals surface area contributed by atoms with Crippen LogP contribution >= 0.6 is 0 Å². The number of carbonyl (C=O) groups is 1. The fourth-order valence-electron chi connectivity index (χ4n) is 4.05. The molecule has 2 aliphatic heterocycles. The maximum absolute atomic E-state index is 12.7. The fourth-order valence-corrected chi connectivity index (χ4v) is 4.05. The number of hydrogen-bond acceptors (Lipinski definition) is 3. The van der Waals surface area contributed by atoms with E-state index in [4.69, 9.17) is 0 Å². The van der Waals surface area contributed by atoms with Crippen molar-refractivity contribution in [3.8, 4) is 6.07 Å². The summed E-state index contributed by atoms with van der Waals surface area (Å²) in [4.78, 5) is 15.2. The minimum Gasteiger partial charge on any atom is -0.352 e. The molecule has 2 fully saturated rings. The third-order valence-corrected chi connectivity index (χ3v) is 5.16. The van der Waals surface area contributed by atoms with Crippen LogP contribution in [-0.2, 0) is 4.79 Å². The molecular formula is C17H29N3O. The molecule has 4 heteroatoms. The molecule has 0 radical (unpaired) electrons. The number of amides is 1. The molecule has 0 aromatic rings. The van der Waals surface area contributed by atoms with Gasteiger partial charge in [-0.05, 0) is 45.1 Å². The minimum atomic E-state index is -0.809. The standard InChI is InChI=1S/C17H29N3O/c1-3-8-17(13-18,9-4-2)16(21)19-14-7-11-20-10-5-6-15(20)12-14/h14-15H,3-12H2,1-2H3,(H,19,21). The monoisotopic (exact) mass is 291 g/mol. The predicted octanol–water partition coefficient (Wildman–Crippen LogP) is 2.84. The normalized spacial score (nSPS) is 26.1. The molecule has 0 spiro atoms. The molecule has 0 aromatic carbocycles. The second-order valence-corrected chi connectivity index (χ2v) is 6.72. The van der Waals surface area contributed by atoms with E-state index >= 15 is 0 Å². The van der Waals surface area contributed by atoms with Crippen LogP contribution in [0.2, 0.25) is 0 Å². The third kappa shape index (κ3) is 3.58. The topological polar surface area (TPSA) is 56.1 Å².